The van der Waals surface area contributed by atoms with Crippen LogP contribution >= 0.6 is 0 Å². The number of ether oxygens (including phenoxy) is 7. The fourth-order valence-corrected chi connectivity index (χ4v) is 16.8. The van der Waals surface area contributed by atoms with Crippen LogP contribution in [0.15, 0.2) is 231 Å². The van der Waals surface area contributed by atoms with Crippen molar-refractivity contribution in [2.75, 3.05) is 0 Å². The molecule has 0 heterocycles. The topological polar surface area (TPSA) is 64.6 Å². The second kappa shape index (κ2) is 39.3. The SMILES string of the molecule is CC(C)C(C)OC1CCc2ccccc21.CC(C)C(C)OC1Cc2cccc3cccc1c23.CC(C)C(C)OC1c2ccccc2-c2ccccc21.CC(C)OC1CCc2ccccc21.CC(C)OC1Cc2cccc3cccc1c23.CCC(C)OC1CCc2ccccc21.CCC(C)OC1Cc2cccc3cccc1c23. The van der Waals surface area contributed by atoms with Gasteiger partial charge in [0.25, 0.3) is 0 Å². The Morgan fingerprint density at radius 2 is 0.509 bits per heavy atom. The predicted octanol–water partition coefficient (Wildman–Crippen LogP) is 27.8. The number of hydrogen-bond donors (Lipinski definition) is 0. The molecule has 0 amide bonds. The van der Waals surface area contributed by atoms with Gasteiger partial charge in [-0.3, -0.25) is 0 Å². The van der Waals surface area contributed by atoms with Crippen LogP contribution in [-0.2, 0) is 71.7 Å². The number of benzene rings is 11. The van der Waals surface area contributed by atoms with Gasteiger partial charge in [0.2, 0.25) is 0 Å². The molecule has 7 heteroatoms. The van der Waals surface area contributed by atoms with E-state index in [1.165, 1.54) is 141 Å². The largest absolute Gasteiger partial charge is 0.371 e. The van der Waals surface area contributed by atoms with E-state index in [2.05, 4.69) is 348 Å². The van der Waals surface area contributed by atoms with E-state index < -0.39 is 0 Å². The van der Waals surface area contributed by atoms with Gasteiger partial charge in [-0.1, -0.05) is 286 Å². The predicted molar refractivity (Wildman–Crippen MR) is 468 cm³/mol. The standard InChI is InChI=1S/C18H20O.C17H20O.C16H18O.C15H16O.C14H20O.C13H18O.C12H16O/c1-12(2)13(3)19-18-16-10-6-4-8-14(16)15-9-5-7-11-17(15)18;1-11(2)12(3)18-16-10-14-8-4-6-13-7-5-9-15(16)17(13)14;1-3-11(2)17-15-10-13-8-4-6-12-7-5-9-14(15)16(12)13;1-10(2)16-14-9-12-7-3-5-11-6-4-8-13(14)15(11)12;1-10(2)11(3)15-14-9-8-12-6-4-5-7-13(12)14;1-3-10(2)14-13-9-8-11-6-4-5-7-12(11)13;1-9(2)13-12-8-7-10-5-3-4-6-11(10)12/h4-13,18H,1-3H3;4-9,11-12,16H,10H2,1-3H3;4-9,11,15H,3,10H2,1-2H3;3-8,10,14H,9H2,1-2H3;4-7,10-11,14H,8-9H2,1-3H3;4-7,10,13H,3,8-9H2,1-2H3;3-6,9,12H,7-8H2,1-2H3. The van der Waals surface area contributed by atoms with Gasteiger partial charge >= 0.3 is 0 Å². The lowest BCUT2D eigenvalue weighted by Crippen LogP contribution is -2.18. The quantitative estimate of drug-likeness (QED) is 0.0799. The lowest BCUT2D eigenvalue weighted by molar-refractivity contribution is -0.0256. The highest BCUT2D eigenvalue weighted by Gasteiger charge is 2.33. The molecule has 7 nitrogen and oxygen atoms in total. The minimum absolute atomic E-state index is 0.0878. The molecule has 0 aliphatic heterocycles. The monoisotopic (exact) mass is 1500 g/mol. The molecule has 0 N–H and O–H groups in total. The van der Waals surface area contributed by atoms with Gasteiger partial charge in [-0.05, 0) is 253 Å². The second-order valence-electron chi connectivity index (χ2n) is 33.7. The first-order valence-corrected chi connectivity index (χ1v) is 42.7. The van der Waals surface area contributed by atoms with Gasteiger partial charge < -0.3 is 33.2 Å². The van der Waals surface area contributed by atoms with Crippen LogP contribution in [-0.4, -0.2) is 42.7 Å². The zero-order chi connectivity index (χ0) is 79.1. The maximum atomic E-state index is 6.33. The number of aryl methyl sites for hydroxylation is 3. The molecule has 112 heavy (non-hydrogen) atoms. The summed E-state index contributed by atoms with van der Waals surface area (Å²) in [4.78, 5) is 0. The maximum absolute atomic E-state index is 6.33. The molecule has 18 rings (SSSR count). The summed E-state index contributed by atoms with van der Waals surface area (Å²) in [6, 6.07) is 82.3. The lowest BCUT2D eigenvalue weighted by atomic mass is 10.0. The van der Waals surface area contributed by atoms with Gasteiger partial charge in [-0.15, -0.1) is 0 Å². The molecule has 0 aromatic heterocycles. The summed E-state index contributed by atoms with van der Waals surface area (Å²) < 4.78 is 42.6. The summed E-state index contributed by atoms with van der Waals surface area (Å²) >= 11 is 0. The Balaban J connectivity index is 0.000000122. The zero-order valence-electron chi connectivity index (χ0n) is 70.4. The number of rotatable bonds is 19. The Hall–Kier alpha value is -8.08. The van der Waals surface area contributed by atoms with Crippen LogP contribution in [0.5, 0.6) is 0 Å². The Labute approximate surface area is 672 Å². The fourth-order valence-electron chi connectivity index (χ4n) is 16.8. The maximum Gasteiger partial charge on any atom is 0.109 e. The Morgan fingerprint density at radius 1 is 0.250 bits per heavy atom. The molecule has 0 radical (unpaired) electrons. The van der Waals surface area contributed by atoms with Crippen LogP contribution in [0.4, 0.5) is 0 Å². The van der Waals surface area contributed by atoms with Gasteiger partial charge in [0.15, 0.2) is 0 Å². The minimum atomic E-state index is 0.0878. The van der Waals surface area contributed by atoms with Gasteiger partial charge in [0.05, 0.1) is 79.4 Å². The van der Waals surface area contributed by atoms with E-state index in [1.54, 1.807) is 0 Å². The van der Waals surface area contributed by atoms with Crippen molar-refractivity contribution in [1.82, 2.24) is 0 Å². The molecule has 7 aliphatic carbocycles. The summed E-state index contributed by atoms with van der Waals surface area (Å²) in [5.41, 5.74) is 22.3. The lowest BCUT2D eigenvalue weighted by Gasteiger charge is -2.23. The van der Waals surface area contributed by atoms with Crippen LogP contribution in [0.2, 0.25) is 0 Å². The summed E-state index contributed by atoms with van der Waals surface area (Å²) in [5.74, 6) is 1.69. The molecular formula is C105H128O7. The van der Waals surface area contributed by atoms with Crippen molar-refractivity contribution >= 4 is 32.3 Å². The van der Waals surface area contributed by atoms with Crippen molar-refractivity contribution in [1.29, 1.82) is 0 Å². The van der Waals surface area contributed by atoms with Gasteiger partial charge in [0, 0.05) is 19.3 Å². The number of hydrogen-bond acceptors (Lipinski definition) is 7. The van der Waals surface area contributed by atoms with Crippen LogP contribution in [0.25, 0.3) is 43.4 Å². The Bertz CT molecular complexity index is 4770. The van der Waals surface area contributed by atoms with Crippen LogP contribution < -0.4 is 0 Å². The van der Waals surface area contributed by atoms with Crippen LogP contribution in [0.3, 0.4) is 0 Å². The minimum Gasteiger partial charge on any atom is -0.371 e. The van der Waals surface area contributed by atoms with Gasteiger partial charge in [-0.25, -0.2) is 0 Å². The average molecular weight is 1500 g/mol. The van der Waals surface area contributed by atoms with E-state index in [1.807, 2.05) is 0 Å². The van der Waals surface area contributed by atoms with E-state index in [4.69, 9.17) is 33.2 Å². The molecule has 7 aliphatic rings. The zero-order valence-corrected chi connectivity index (χ0v) is 70.4. The summed E-state index contributed by atoms with van der Waals surface area (Å²) in [6.07, 6.45) is 16.3. The first-order chi connectivity index (χ1) is 54.2. The average Bonchev–Trinajstić information content (AvgIpc) is 1.67. The fraction of sp³-hybridized carbons (Fsp3) is 0.429. The normalized spacial score (nSPS) is 19.5. The summed E-state index contributed by atoms with van der Waals surface area (Å²) in [5, 5.41) is 8.27. The van der Waals surface area contributed by atoms with E-state index in [-0.39, 0.29) is 36.6 Å². The van der Waals surface area contributed by atoms with Gasteiger partial charge in [-0.2, -0.15) is 0 Å². The molecule has 0 spiro atoms. The highest BCUT2D eigenvalue weighted by molar-refractivity contribution is 5.93. The smallest absolute Gasteiger partial charge is 0.109 e. The molecule has 11 unspecified atom stereocenters. The summed E-state index contributed by atoms with van der Waals surface area (Å²) in [6.45, 7) is 36.8. The molecule has 0 saturated carbocycles. The first-order valence-electron chi connectivity index (χ1n) is 42.7. The van der Waals surface area contributed by atoms with E-state index in [0.29, 0.717) is 66.6 Å². The molecule has 590 valence electrons. The Kier molecular flexibility index (Phi) is 29.3. The van der Waals surface area contributed by atoms with Crippen LogP contribution in [0.1, 0.15) is 270 Å². The van der Waals surface area contributed by atoms with E-state index >= 15 is 0 Å². The number of fused-ring (bicyclic) bond motifs is 6. The van der Waals surface area contributed by atoms with Crippen molar-refractivity contribution in [3.8, 4) is 11.1 Å². The Morgan fingerprint density at radius 3 is 0.866 bits per heavy atom. The molecule has 0 saturated heterocycles. The molecule has 11 atom stereocenters. The van der Waals surface area contributed by atoms with Crippen molar-refractivity contribution in [3.63, 3.8) is 0 Å². The molecule has 11 aromatic carbocycles. The highest BCUT2D eigenvalue weighted by Crippen LogP contribution is 2.48. The van der Waals surface area contributed by atoms with Crippen molar-refractivity contribution in [2.45, 2.75) is 274 Å². The third-order valence-electron chi connectivity index (χ3n) is 24.1. The van der Waals surface area contributed by atoms with Crippen molar-refractivity contribution in [3.05, 3.63) is 308 Å². The van der Waals surface area contributed by atoms with Crippen LogP contribution in [0, 0.1) is 17.8 Å². The first kappa shape index (κ1) is 83.4. The molecule has 0 bridgehead atoms. The van der Waals surface area contributed by atoms with Crippen molar-refractivity contribution < 1.29 is 33.2 Å². The summed E-state index contributed by atoms with van der Waals surface area (Å²) in [7, 11) is 0. The highest BCUT2D eigenvalue weighted by atomic mass is 16.5. The van der Waals surface area contributed by atoms with Gasteiger partial charge in [0.1, 0.15) is 6.10 Å². The molecule has 0 fully saturated rings. The molecular weight excluding hydrogens is 1370 g/mol. The molecule has 11 aromatic rings. The second-order valence-corrected chi connectivity index (χ2v) is 33.7. The third-order valence-corrected chi connectivity index (χ3v) is 24.1. The third kappa shape index (κ3) is 20.3. The van der Waals surface area contributed by atoms with Crippen molar-refractivity contribution in [2.24, 2.45) is 17.8 Å². The van der Waals surface area contributed by atoms with E-state index in [9.17, 15) is 0 Å². The van der Waals surface area contributed by atoms with E-state index in [0.717, 1.165) is 51.4 Å².